The van der Waals surface area contributed by atoms with Crippen LogP contribution in [0.3, 0.4) is 0 Å². The maximum atomic E-state index is 9.81. The molecule has 0 saturated carbocycles. The zero-order valence-electron chi connectivity index (χ0n) is 10.0. The highest BCUT2D eigenvalue weighted by Crippen LogP contribution is 2.17. The highest BCUT2D eigenvalue weighted by Gasteiger charge is 2.14. The van der Waals surface area contributed by atoms with E-state index in [1.807, 2.05) is 45.0 Å². The first-order valence-corrected chi connectivity index (χ1v) is 5.82. The molecule has 0 heterocycles. The van der Waals surface area contributed by atoms with Gasteiger partial charge < -0.3 is 9.84 Å². The van der Waals surface area contributed by atoms with Gasteiger partial charge in [-0.15, -0.1) is 0 Å². The Morgan fingerprint density at radius 2 is 1.94 bits per heavy atom. The molecule has 0 aliphatic heterocycles. The summed E-state index contributed by atoms with van der Waals surface area (Å²) in [7, 11) is 0. The number of hydrogen-bond acceptors (Lipinski definition) is 2. The van der Waals surface area contributed by atoms with Crippen molar-refractivity contribution in [2.75, 3.05) is 6.61 Å². The Kier molecular flexibility index (Phi) is 4.78. The fraction of sp³-hybridized carbons (Fsp3) is 0.538. The number of rotatable bonds is 4. The van der Waals surface area contributed by atoms with Gasteiger partial charge in [-0.2, -0.15) is 0 Å². The van der Waals surface area contributed by atoms with Gasteiger partial charge in [0.15, 0.2) is 0 Å². The van der Waals surface area contributed by atoms with E-state index < -0.39 is 6.10 Å². The topological polar surface area (TPSA) is 29.5 Å². The highest BCUT2D eigenvalue weighted by molar-refractivity contribution is 6.31. The third-order valence-electron chi connectivity index (χ3n) is 2.12. The summed E-state index contributed by atoms with van der Waals surface area (Å²) in [6.45, 7) is 6.23. The lowest BCUT2D eigenvalue weighted by molar-refractivity contribution is -0.0482. The van der Waals surface area contributed by atoms with Crippen LogP contribution in [0.1, 0.15) is 26.3 Å². The normalized spacial score (nSPS) is 13.8. The molecule has 0 radical (unpaired) electrons. The van der Waals surface area contributed by atoms with Gasteiger partial charge in [-0.25, -0.2) is 0 Å². The molecule has 1 aromatic carbocycles. The van der Waals surface area contributed by atoms with Gasteiger partial charge in [0.2, 0.25) is 0 Å². The third-order valence-corrected chi connectivity index (χ3v) is 2.49. The van der Waals surface area contributed by atoms with Crippen LogP contribution in [0.5, 0.6) is 0 Å². The Hall–Kier alpha value is -0.570. The molecule has 1 atom stereocenters. The summed E-state index contributed by atoms with van der Waals surface area (Å²) in [6.07, 6.45) is 0.00887. The molecular weight excluding hydrogens is 224 g/mol. The van der Waals surface area contributed by atoms with E-state index in [4.69, 9.17) is 16.3 Å². The fourth-order valence-electron chi connectivity index (χ4n) is 1.32. The first-order chi connectivity index (χ1) is 7.38. The average molecular weight is 243 g/mol. The molecule has 1 unspecified atom stereocenters. The van der Waals surface area contributed by atoms with Crippen LogP contribution in [0.25, 0.3) is 0 Å². The molecule has 0 aromatic heterocycles. The van der Waals surface area contributed by atoms with E-state index in [1.54, 1.807) is 0 Å². The van der Waals surface area contributed by atoms with Crippen molar-refractivity contribution < 1.29 is 9.84 Å². The maximum absolute atomic E-state index is 9.81. The molecule has 2 nitrogen and oxygen atoms in total. The molecule has 0 saturated heterocycles. The quantitative estimate of drug-likeness (QED) is 0.880. The first-order valence-electron chi connectivity index (χ1n) is 5.44. The molecule has 0 spiro atoms. The lowest BCUT2D eigenvalue weighted by Gasteiger charge is -2.22. The van der Waals surface area contributed by atoms with Crippen LogP contribution < -0.4 is 0 Å². The predicted octanol–water partition coefficient (Wildman–Crippen LogP) is 3.06. The number of aliphatic hydroxyl groups is 1. The van der Waals surface area contributed by atoms with Gasteiger partial charge in [0, 0.05) is 11.4 Å². The van der Waals surface area contributed by atoms with Gasteiger partial charge in [-0.1, -0.05) is 29.8 Å². The largest absolute Gasteiger partial charge is 0.390 e. The minimum Gasteiger partial charge on any atom is -0.390 e. The molecular formula is C13H19ClO2. The van der Waals surface area contributed by atoms with Crippen molar-refractivity contribution in [3.05, 3.63) is 34.9 Å². The molecule has 90 valence electrons. The zero-order valence-corrected chi connectivity index (χ0v) is 10.8. The Balaban J connectivity index is 2.46. The van der Waals surface area contributed by atoms with Crippen LogP contribution in [0.4, 0.5) is 0 Å². The summed E-state index contributed by atoms with van der Waals surface area (Å²) >= 11 is 6.01. The molecule has 0 fully saturated rings. The lowest BCUT2D eigenvalue weighted by Crippen LogP contribution is -2.27. The van der Waals surface area contributed by atoms with E-state index in [9.17, 15) is 5.11 Å². The van der Waals surface area contributed by atoms with Gasteiger partial charge in [-0.3, -0.25) is 0 Å². The van der Waals surface area contributed by atoms with Gasteiger partial charge in [-0.05, 0) is 32.4 Å². The van der Waals surface area contributed by atoms with E-state index in [-0.39, 0.29) is 5.60 Å². The van der Waals surface area contributed by atoms with Gasteiger partial charge in [0.25, 0.3) is 0 Å². The molecule has 0 bridgehead atoms. The summed E-state index contributed by atoms with van der Waals surface area (Å²) in [6, 6.07) is 7.54. The molecule has 3 heteroatoms. The molecule has 0 aliphatic carbocycles. The van der Waals surface area contributed by atoms with Crippen LogP contribution >= 0.6 is 11.6 Å². The second kappa shape index (κ2) is 5.67. The Morgan fingerprint density at radius 1 is 1.31 bits per heavy atom. The smallest absolute Gasteiger partial charge is 0.0814 e. The Labute approximate surface area is 102 Å². The standard InChI is InChI=1S/C13H19ClO2/c1-13(2,3)16-9-11(15)8-10-6-4-5-7-12(10)14/h4-7,11,15H,8-9H2,1-3H3. The number of halogens is 1. The van der Waals surface area contributed by atoms with Crippen LogP contribution in [-0.4, -0.2) is 23.4 Å². The van der Waals surface area contributed by atoms with Crippen molar-refractivity contribution >= 4 is 11.6 Å². The monoisotopic (exact) mass is 242 g/mol. The SMILES string of the molecule is CC(C)(C)OCC(O)Cc1ccccc1Cl. The van der Waals surface area contributed by atoms with Crippen molar-refractivity contribution in [3.8, 4) is 0 Å². The minimum absolute atomic E-state index is 0.221. The van der Waals surface area contributed by atoms with Crippen molar-refractivity contribution in [1.29, 1.82) is 0 Å². The van der Waals surface area contributed by atoms with Crippen molar-refractivity contribution in [2.24, 2.45) is 0 Å². The Morgan fingerprint density at radius 3 is 2.50 bits per heavy atom. The number of aliphatic hydroxyl groups excluding tert-OH is 1. The summed E-state index contributed by atoms with van der Waals surface area (Å²) in [5.74, 6) is 0. The van der Waals surface area contributed by atoms with Crippen LogP contribution in [-0.2, 0) is 11.2 Å². The van der Waals surface area contributed by atoms with E-state index in [0.717, 1.165) is 5.56 Å². The molecule has 16 heavy (non-hydrogen) atoms. The molecule has 1 rings (SSSR count). The average Bonchev–Trinajstić information content (AvgIpc) is 2.18. The summed E-state index contributed by atoms with van der Waals surface area (Å²) in [5, 5.41) is 10.5. The van der Waals surface area contributed by atoms with Crippen LogP contribution in [0, 0.1) is 0 Å². The summed E-state index contributed by atoms with van der Waals surface area (Å²) in [4.78, 5) is 0. The van der Waals surface area contributed by atoms with Crippen LogP contribution in [0.15, 0.2) is 24.3 Å². The predicted molar refractivity (Wildman–Crippen MR) is 66.9 cm³/mol. The second-order valence-corrected chi connectivity index (χ2v) is 5.28. The molecule has 1 aromatic rings. The van der Waals surface area contributed by atoms with Gasteiger partial charge >= 0.3 is 0 Å². The molecule has 0 amide bonds. The molecule has 1 N–H and O–H groups in total. The van der Waals surface area contributed by atoms with E-state index in [1.165, 1.54) is 0 Å². The second-order valence-electron chi connectivity index (χ2n) is 4.87. The zero-order chi connectivity index (χ0) is 12.2. The van der Waals surface area contributed by atoms with E-state index in [0.29, 0.717) is 18.1 Å². The first kappa shape index (κ1) is 13.5. The summed E-state index contributed by atoms with van der Waals surface area (Å²) in [5.41, 5.74) is 0.732. The van der Waals surface area contributed by atoms with E-state index >= 15 is 0 Å². The van der Waals surface area contributed by atoms with Crippen molar-refractivity contribution in [1.82, 2.24) is 0 Å². The molecule has 0 aliphatic rings. The van der Waals surface area contributed by atoms with Gasteiger partial charge in [0.05, 0.1) is 18.3 Å². The minimum atomic E-state index is -0.515. The highest BCUT2D eigenvalue weighted by atomic mass is 35.5. The van der Waals surface area contributed by atoms with Crippen molar-refractivity contribution in [3.63, 3.8) is 0 Å². The summed E-state index contributed by atoms with van der Waals surface area (Å²) < 4.78 is 5.51. The lowest BCUT2D eigenvalue weighted by atomic mass is 10.1. The Bertz CT molecular complexity index is 331. The van der Waals surface area contributed by atoms with Crippen molar-refractivity contribution in [2.45, 2.75) is 38.9 Å². The van der Waals surface area contributed by atoms with Crippen LogP contribution in [0.2, 0.25) is 5.02 Å². The van der Waals surface area contributed by atoms with Gasteiger partial charge in [0.1, 0.15) is 0 Å². The van der Waals surface area contributed by atoms with E-state index in [2.05, 4.69) is 0 Å². The third kappa shape index (κ3) is 4.97. The number of benzene rings is 1. The number of hydrogen-bond donors (Lipinski definition) is 1. The number of ether oxygens (including phenoxy) is 1. The fourth-order valence-corrected chi connectivity index (χ4v) is 1.54. The maximum Gasteiger partial charge on any atom is 0.0814 e.